The van der Waals surface area contributed by atoms with Gasteiger partial charge in [0.05, 0.1) is 11.6 Å². The normalized spacial score (nSPS) is 13.4. The zero-order valence-electron chi connectivity index (χ0n) is 11.3. The van der Waals surface area contributed by atoms with Crippen molar-refractivity contribution in [2.75, 3.05) is 11.4 Å². The van der Waals surface area contributed by atoms with Crippen LogP contribution in [0.5, 0.6) is 0 Å². The molecule has 0 radical (unpaired) electrons. The predicted molar refractivity (Wildman–Crippen MR) is 77.6 cm³/mol. The first-order chi connectivity index (χ1) is 10.2. The van der Waals surface area contributed by atoms with E-state index in [1.807, 2.05) is 6.07 Å². The van der Waals surface area contributed by atoms with Crippen LogP contribution in [0.25, 0.3) is 0 Å². The van der Waals surface area contributed by atoms with E-state index in [0.717, 1.165) is 24.1 Å². The average Bonchev–Trinajstić information content (AvgIpc) is 2.53. The molecule has 1 aliphatic rings. The van der Waals surface area contributed by atoms with E-state index in [9.17, 15) is 9.18 Å². The Morgan fingerprint density at radius 2 is 2.10 bits per heavy atom. The Morgan fingerprint density at radius 1 is 1.24 bits per heavy atom. The van der Waals surface area contributed by atoms with Crippen LogP contribution in [0.1, 0.15) is 27.9 Å². The molecule has 0 N–H and O–H groups in total. The number of rotatable bonds is 1. The van der Waals surface area contributed by atoms with Crippen LogP contribution in [0.4, 0.5) is 10.1 Å². The summed E-state index contributed by atoms with van der Waals surface area (Å²) in [5, 5.41) is 8.93. The zero-order valence-corrected chi connectivity index (χ0v) is 11.3. The minimum absolute atomic E-state index is 0.153. The number of benzene rings is 2. The van der Waals surface area contributed by atoms with Crippen LogP contribution in [-0.2, 0) is 6.42 Å². The molecule has 0 bridgehead atoms. The van der Waals surface area contributed by atoms with Gasteiger partial charge >= 0.3 is 0 Å². The Kier molecular flexibility index (Phi) is 3.41. The van der Waals surface area contributed by atoms with E-state index in [4.69, 9.17) is 5.26 Å². The fraction of sp³-hybridized carbons (Fsp3) is 0.176. The molecular weight excluding hydrogens is 267 g/mol. The van der Waals surface area contributed by atoms with Crippen LogP contribution in [0.3, 0.4) is 0 Å². The minimum atomic E-state index is -0.283. The molecule has 3 rings (SSSR count). The zero-order chi connectivity index (χ0) is 14.8. The van der Waals surface area contributed by atoms with E-state index in [1.54, 1.807) is 35.2 Å². The predicted octanol–water partition coefficient (Wildman–Crippen LogP) is 3.29. The monoisotopic (exact) mass is 280 g/mol. The number of nitriles is 1. The Labute approximate surface area is 122 Å². The lowest BCUT2D eigenvalue weighted by molar-refractivity contribution is 0.0985. The van der Waals surface area contributed by atoms with Crippen molar-refractivity contribution in [3.8, 4) is 6.07 Å². The number of halogens is 1. The van der Waals surface area contributed by atoms with Crippen LogP contribution >= 0.6 is 0 Å². The Balaban J connectivity index is 1.98. The molecular formula is C17H13FN2O. The number of hydrogen-bond donors (Lipinski definition) is 0. The first-order valence-electron chi connectivity index (χ1n) is 6.79. The van der Waals surface area contributed by atoms with Crippen molar-refractivity contribution in [3.05, 3.63) is 65.0 Å². The van der Waals surface area contributed by atoms with Crippen molar-refractivity contribution in [3.63, 3.8) is 0 Å². The Hall–Kier alpha value is -2.67. The summed E-state index contributed by atoms with van der Waals surface area (Å²) in [5.41, 5.74) is 2.55. The second-order valence-corrected chi connectivity index (χ2v) is 5.03. The van der Waals surface area contributed by atoms with Gasteiger partial charge in [0.25, 0.3) is 5.91 Å². The fourth-order valence-electron chi connectivity index (χ4n) is 2.65. The van der Waals surface area contributed by atoms with Crippen molar-refractivity contribution < 1.29 is 9.18 Å². The summed E-state index contributed by atoms with van der Waals surface area (Å²) in [6, 6.07) is 13.2. The summed E-state index contributed by atoms with van der Waals surface area (Å²) < 4.78 is 13.3. The van der Waals surface area contributed by atoms with Crippen LogP contribution < -0.4 is 4.90 Å². The van der Waals surface area contributed by atoms with Gasteiger partial charge in [0.1, 0.15) is 5.82 Å². The summed E-state index contributed by atoms with van der Waals surface area (Å²) in [4.78, 5) is 14.3. The molecule has 0 aliphatic carbocycles. The maximum absolute atomic E-state index is 13.3. The third kappa shape index (κ3) is 2.50. The summed E-state index contributed by atoms with van der Waals surface area (Å²) in [6.07, 6.45) is 1.58. The number of anilines is 1. The topological polar surface area (TPSA) is 44.1 Å². The third-order valence-corrected chi connectivity index (χ3v) is 3.64. The lowest BCUT2D eigenvalue weighted by atomic mass is 10.0. The summed E-state index contributed by atoms with van der Waals surface area (Å²) in [6.45, 7) is 0.605. The van der Waals surface area contributed by atoms with Crippen molar-refractivity contribution in [2.45, 2.75) is 12.8 Å². The van der Waals surface area contributed by atoms with Gasteiger partial charge in [-0.2, -0.15) is 5.26 Å². The summed E-state index contributed by atoms with van der Waals surface area (Å²) >= 11 is 0. The molecule has 0 aromatic heterocycles. The van der Waals surface area contributed by atoms with Gasteiger partial charge in [-0.05, 0) is 54.8 Å². The van der Waals surface area contributed by atoms with Gasteiger partial charge in [-0.3, -0.25) is 4.79 Å². The van der Waals surface area contributed by atoms with Crippen LogP contribution in [0.2, 0.25) is 0 Å². The molecule has 0 spiro atoms. The minimum Gasteiger partial charge on any atom is -0.308 e. The molecule has 2 aromatic rings. The quantitative estimate of drug-likeness (QED) is 0.804. The highest BCUT2D eigenvalue weighted by Gasteiger charge is 2.23. The van der Waals surface area contributed by atoms with E-state index in [-0.39, 0.29) is 11.7 Å². The van der Waals surface area contributed by atoms with Gasteiger partial charge in [0.2, 0.25) is 0 Å². The van der Waals surface area contributed by atoms with Gasteiger partial charge in [-0.15, -0.1) is 0 Å². The van der Waals surface area contributed by atoms with Gasteiger partial charge in [-0.1, -0.05) is 6.07 Å². The average molecular weight is 280 g/mol. The highest BCUT2D eigenvalue weighted by Crippen LogP contribution is 2.29. The highest BCUT2D eigenvalue weighted by molar-refractivity contribution is 6.06. The molecule has 0 fully saturated rings. The summed E-state index contributed by atoms with van der Waals surface area (Å²) in [7, 11) is 0. The number of fused-ring (bicyclic) bond motifs is 1. The lowest BCUT2D eigenvalue weighted by Gasteiger charge is -2.29. The van der Waals surface area contributed by atoms with E-state index in [0.29, 0.717) is 17.7 Å². The molecule has 21 heavy (non-hydrogen) atoms. The van der Waals surface area contributed by atoms with Gasteiger partial charge in [-0.25, -0.2) is 4.39 Å². The Morgan fingerprint density at radius 3 is 2.90 bits per heavy atom. The Bertz CT molecular complexity index is 749. The van der Waals surface area contributed by atoms with E-state index in [2.05, 4.69) is 0 Å². The number of hydrogen-bond acceptors (Lipinski definition) is 2. The van der Waals surface area contributed by atoms with Crippen molar-refractivity contribution in [2.24, 2.45) is 0 Å². The molecule has 0 saturated heterocycles. The number of amides is 1. The molecule has 1 heterocycles. The van der Waals surface area contributed by atoms with Crippen LogP contribution in [0, 0.1) is 17.1 Å². The number of nitrogens with zero attached hydrogens (tertiary/aromatic N) is 2. The maximum atomic E-state index is 13.3. The second kappa shape index (κ2) is 5.37. The maximum Gasteiger partial charge on any atom is 0.258 e. The van der Waals surface area contributed by atoms with E-state index >= 15 is 0 Å². The van der Waals surface area contributed by atoms with Crippen molar-refractivity contribution >= 4 is 11.6 Å². The first kappa shape index (κ1) is 13.3. The number of aryl methyl sites for hydroxylation is 1. The molecule has 2 aromatic carbocycles. The smallest absolute Gasteiger partial charge is 0.258 e. The molecule has 0 saturated carbocycles. The molecule has 1 amide bonds. The number of carbonyl (C=O) groups is 1. The molecule has 0 atom stereocenters. The van der Waals surface area contributed by atoms with Gasteiger partial charge in [0.15, 0.2) is 0 Å². The molecule has 104 valence electrons. The van der Waals surface area contributed by atoms with Crippen LogP contribution in [-0.4, -0.2) is 12.5 Å². The van der Waals surface area contributed by atoms with Crippen molar-refractivity contribution in [1.82, 2.24) is 0 Å². The van der Waals surface area contributed by atoms with Gasteiger partial charge < -0.3 is 4.90 Å². The highest BCUT2D eigenvalue weighted by atomic mass is 19.1. The largest absolute Gasteiger partial charge is 0.308 e. The van der Waals surface area contributed by atoms with E-state index in [1.165, 1.54) is 12.1 Å². The SMILES string of the molecule is N#Cc1cccc(C(=O)N2CCCc3cc(F)ccc32)c1. The second-order valence-electron chi connectivity index (χ2n) is 5.03. The fourth-order valence-corrected chi connectivity index (χ4v) is 2.65. The molecule has 4 heteroatoms. The lowest BCUT2D eigenvalue weighted by Crippen LogP contribution is -2.35. The molecule has 3 nitrogen and oxygen atoms in total. The summed E-state index contributed by atoms with van der Waals surface area (Å²) in [5.74, 6) is -0.436. The third-order valence-electron chi connectivity index (χ3n) is 3.64. The number of carbonyl (C=O) groups excluding carboxylic acids is 1. The first-order valence-corrected chi connectivity index (χ1v) is 6.79. The van der Waals surface area contributed by atoms with Crippen LogP contribution in [0.15, 0.2) is 42.5 Å². The van der Waals surface area contributed by atoms with E-state index < -0.39 is 0 Å². The molecule has 1 aliphatic heterocycles. The molecule has 0 unspecified atom stereocenters. The van der Waals surface area contributed by atoms with Gasteiger partial charge in [0, 0.05) is 17.8 Å². The standard InChI is InChI=1S/C17H13FN2O/c18-15-6-7-16-13(10-15)5-2-8-20(16)17(21)14-4-1-3-12(9-14)11-19/h1,3-4,6-7,9-10H,2,5,8H2. The van der Waals surface area contributed by atoms with Crippen molar-refractivity contribution in [1.29, 1.82) is 5.26 Å².